The molecule has 0 fully saturated rings. The van der Waals surface area contributed by atoms with E-state index in [1.807, 2.05) is 6.07 Å². The zero-order valence-electron chi connectivity index (χ0n) is 11.0. The third-order valence-corrected chi connectivity index (χ3v) is 3.22. The van der Waals surface area contributed by atoms with Crippen molar-refractivity contribution in [3.63, 3.8) is 0 Å². The standard InChI is InChI=1S/C15H11N3O3/c19-10-12-14(20)17-8-4-2-6-13(17)18(15(12)21)9-11-5-1-3-7-16-11/h1-8,10H,9H2/p+1. The first-order chi connectivity index (χ1) is 10.2. The van der Waals surface area contributed by atoms with E-state index in [0.717, 1.165) is 0 Å². The van der Waals surface area contributed by atoms with Gasteiger partial charge in [0.25, 0.3) is 5.65 Å². The van der Waals surface area contributed by atoms with Gasteiger partial charge in [0.1, 0.15) is 6.54 Å². The van der Waals surface area contributed by atoms with Crippen LogP contribution in [0, 0.1) is 0 Å². The molecule has 3 aromatic heterocycles. The van der Waals surface area contributed by atoms with E-state index >= 15 is 0 Å². The molecule has 3 heterocycles. The molecule has 0 aliphatic carbocycles. The molecule has 6 heteroatoms. The summed E-state index contributed by atoms with van der Waals surface area (Å²) >= 11 is 0. The van der Waals surface area contributed by atoms with Crippen LogP contribution < -0.4 is 10.1 Å². The highest BCUT2D eigenvalue weighted by molar-refractivity contribution is 5.76. The summed E-state index contributed by atoms with van der Waals surface area (Å²) in [4.78, 5) is 27.4. The first kappa shape index (κ1) is 13.0. The molecule has 0 aliphatic heterocycles. The van der Waals surface area contributed by atoms with Gasteiger partial charge in [0, 0.05) is 12.3 Å². The Morgan fingerprint density at radius 1 is 1.24 bits per heavy atom. The summed E-state index contributed by atoms with van der Waals surface area (Å²) in [5.41, 5.74) is 0.375. The maximum Gasteiger partial charge on any atom is 0.357 e. The van der Waals surface area contributed by atoms with Crippen molar-refractivity contribution in [2.75, 3.05) is 0 Å². The molecule has 0 radical (unpaired) electrons. The normalized spacial score (nSPS) is 10.7. The number of fused-ring (bicyclic) bond motifs is 1. The van der Waals surface area contributed by atoms with E-state index < -0.39 is 5.56 Å². The average Bonchev–Trinajstić information content (AvgIpc) is 2.53. The van der Waals surface area contributed by atoms with E-state index in [4.69, 9.17) is 0 Å². The van der Waals surface area contributed by atoms with Crippen molar-refractivity contribution in [3.05, 3.63) is 70.4 Å². The van der Waals surface area contributed by atoms with Gasteiger partial charge < -0.3 is 5.11 Å². The zero-order valence-corrected chi connectivity index (χ0v) is 11.0. The maximum absolute atomic E-state index is 12.1. The van der Waals surface area contributed by atoms with E-state index in [1.54, 1.807) is 42.7 Å². The summed E-state index contributed by atoms with van der Waals surface area (Å²) < 4.78 is 2.81. The van der Waals surface area contributed by atoms with Crippen molar-refractivity contribution in [1.82, 2.24) is 9.38 Å². The van der Waals surface area contributed by atoms with E-state index in [0.29, 0.717) is 17.6 Å². The Bertz CT molecular complexity index is 872. The Labute approximate surface area is 119 Å². The Balaban J connectivity index is 2.31. The largest absolute Gasteiger partial charge is 0.477 e. The van der Waals surface area contributed by atoms with Crippen LogP contribution >= 0.6 is 0 Å². The zero-order chi connectivity index (χ0) is 14.8. The summed E-state index contributed by atoms with van der Waals surface area (Å²) in [5.74, 6) is -0.355. The minimum atomic E-state index is -0.546. The molecule has 21 heavy (non-hydrogen) atoms. The number of aldehydes is 1. The van der Waals surface area contributed by atoms with Crippen LogP contribution in [0.25, 0.3) is 5.65 Å². The van der Waals surface area contributed by atoms with Gasteiger partial charge in [0.2, 0.25) is 0 Å². The molecule has 0 saturated heterocycles. The fourth-order valence-corrected chi connectivity index (χ4v) is 2.22. The van der Waals surface area contributed by atoms with Gasteiger partial charge in [-0.1, -0.05) is 12.1 Å². The van der Waals surface area contributed by atoms with Gasteiger partial charge in [-0.3, -0.25) is 9.78 Å². The lowest BCUT2D eigenvalue weighted by Crippen LogP contribution is -2.42. The molecule has 0 unspecified atom stereocenters. The monoisotopic (exact) mass is 282 g/mol. The van der Waals surface area contributed by atoms with Crippen LogP contribution in [0.2, 0.25) is 0 Å². The number of carbonyl (C=O) groups is 1. The fourth-order valence-electron chi connectivity index (χ4n) is 2.22. The Morgan fingerprint density at radius 2 is 2.05 bits per heavy atom. The second-order valence-corrected chi connectivity index (χ2v) is 4.50. The molecule has 0 bridgehead atoms. The lowest BCUT2D eigenvalue weighted by atomic mass is 10.3. The lowest BCUT2D eigenvalue weighted by molar-refractivity contribution is -0.672. The first-order valence-corrected chi connectivity index (χ1v) is 6.33. The van der Waals surface area contributed by atoms with Gasteiger partial charge in [0.15, 0.2) is 11.8 Å². The summed E-state index contributed by atoms with van der Waals surface area (Å²) in [5, 5.41) is 10.2. The summed E-state index contributed by atoms with van der Waals surface area (Å²) in [6.45, 7) is 0.251. The SMILES string of the molecule is O=Cc1c(O)[n+](Cc2ccccn2)c2ccccn2c1=O. The highest BCUT2D eigenvalue weighted by Gasteiger charge is 2.23. The minimum Gasteiger partial charge on any atom is -0.477 e. The Hall–Kier alpha value is -3.02. The quantitative estimate of drug-likeness (QED) is 0.562. The van der Waals surface area contributed by atoms with E-state index in [-0.39, 0.29) is 18.0 Å². The second kappa shape index (κ2) is 5.16. The summed E-state index contributed by atoms with van der Waals surface area (Å²) in [7, 11) is 0. The van der Waals surface area contributed by atoms with Crippen LogP contribution in [-0.4, -0.2) is 20.8 Å². The molecule has 104 valence electrons. The van der Waals surface area contributed by atoms with Gasteiger partial charge in [-0.15, -0.1) is 0 Å². The fraction of sp³-hybridized carbons (Fsp3) is 0.0667. The number of hydrogen-bond acceptors (Lipinski definition) is 4. The average molecular weight is 282 g/mol. The molecule has 0 amide bonds. The Morgan fingerprint density at radius 3 is 2.76 bits per heavy atom. The molecule has 0 spiro atoms. The summed E-state index contributed by atoms with van der Waals surface area (Å²) in [6, 6.07) is 10.6. The van der Waals surface area contributed by atoms with E-state index in [2.05, 4.69) is 4.98 Å². The van der Waals surface area contributed by atoms with Gasteiger partial charge in [-0.25, -0.2) is 4.79 Å². The molecule has 6 nitrogen and oxygen atoms in total. The third kappa shape index (κ3) is 2.16. The first-order valence-electron chi connectivity index (χ1n) is 6.33. The lowest BCUT2D eigenvalue weighted by Gasteiger charge is -2.07. The number of nitrogens with zero attached hydrogens (tertiary/aromatic N) is 3. The summed E-state index contributed by atoms with van der Waals surface area (Å²) in [6.07, 6.45) is 3.57. The van der Waals surface area contributed by atoms with Crippen molar-refractivity contribution in [3.8, 4) is 5.88 Å². The minimum absolute atomic E-state index is 0.251. The molecule has 0 aromatic carbocycles. The van der Waals surface area contributed by atoms with Crippen LogP contribution in [0.4, 0.5) is 0 Å². The van der Waals surface area contributed by atoms with Gasteiger partial charge in [0.05, 0.1) is 11.9 Å². The van der Waals surface area contributed by atoms with Gasteiger partial charge in [-0.05, 0) is 18.2 Å². The van der Waals surface area contributed by atoms with Crippen LogP contribution in [-0.2, 0) is 6.54 Å². The van der Waals surface area contributed by atoms with E-state index in [9.17, 15) is 14.7 Å². The molecular formula is C15H12N3O3+. The molecule has 0 atom stereocenters. The highest BCUT2D eigenvalue weighted by Crippen LogP contribution is 2.08. The Kier molecular flexibility index (Phi) is 3.19. The predicted molar refractivity (Wildman–Crippen MR) is 74.3 cm³/mol. The van der Waals surface area contributed by atoms with Crippen molar-refractivity contribution in [2.45, 2.75) is 6.54 Å². The van der Waals surface area contributed by atoms with Gasteiger partial charge in [-0.2, -0.15) is 8.97 Å². The number of rotatable bonds is 3. The highest BCUT2D eigenvalue weighted by atomic mass is 16.3. The van der Waals surface area contributed by atoms with Crippen LogP contribution in [0.1, 0.15) is 16.1 Å². The number of aromatic nitrogens is 3. The molecule has 1 N–H and O–H groups in total. The second-order valence-electron chi connectivity index (χ2n) is 4.50. The molecular weight excluding hydrogens is 270 g/mol. The molecule has 3 aromatic rings. The number of pyridine rings is 2. The third-order valence-electron chi connectivity index (χ3n) is 3.22. The van der Waals surface area contributed by atoms with Crippen molar-refractivity contribution >= 4 is 11.9 Å². The van der Waals surface area contributed by atoms with Crippen molar-refractivity contribution < 1.29 is 14.5 Å². The number of hydrogen-bond donors (Lipinski definition) is 1. The number of carbonyl (C=O) groups excluding carboxylic acids is 1. The molecule has 0 saturated carbocycles. The predicted octanol–water partition coefficient (Wildman–Crippen LogP) is 0.548. The van der Waals surface area contributed by atoms with Crippen molar-refractivity contribution in [1.29, 1.82) is 0 Å². The van der Waals surface area contributed by atoms with E-state index in [1.165, 1.54) is 8.97 Å². The smallest absolute Gasteiger partial charge is 0.357 e. The maximum atomic E-state index is 12.1. The topological polar surface area (TPSA) is 75.6 Å². The van der Waals surface area contributed by atoms with Crippen molar-refractivity contribution in [2.24, 2.45) is 0 Å². The molecule has 0 aliphatic rings. The van der Waals surface area contributed by atoms with Crippen LogP contribution in [0.15, 0.2) is 53.6 Å². The van der Waals surface area contributed by atoms with Crippen LogP contribution in [0.5, 0.6) is 5.88 Å². The number of aromatic hydroxyl groups is 1. The molecule has 3 rings (SSSR count). The van der Waals surface area contributed by atoms with Gasteiger partial charge >= 0.3 is 11.4 Å². The van der Waals surface area contributed by atoms with Crippen LogP contribution in [0.3, 0.4) is 0 Å².